The molecule has 0 aliphatic heterocycles. The molecule has 174 valence electrons. The van der Waals surface area contributed by atoms with Crippen molar-refractivity contribution in [3.05, 3.63) is 107 Å². The second kappa shape index (κ2) is 10.4. The molecule has 2 heterocycles. The van der Waals surface area contributed by atoms with Crippen LogP contribution >= 0.6 is 0 Å². The van der Waals surface area contributed by atoms with E-state index >= 15 is 0 Å². The molecule has 0 saturated heterocycles. The van der Waals surface area contributed by atoms with E-state index in [1.54, 1.807) is 30.5 Å². The molecule has 2 aromatic carbocycles. The number of rotatable bonds is 7. The molecule has 2 aromatic heterocycles. The van der Waals surface area contributed by atoms with Gasteiger partial charge in [-0.3, -0.25) is 9.78 Å². The summed E-state index contributed by atoms with van der Waals surface area (Å²) in [5.74, 6) is -2.43. The monoisotopic (exact) mass is 470 g/mol. The van der Waals surface area contributed by atoms with Gasteiger partial charge >= 0.3 is 0 Å². The van der Waals surface area contributed by atoms with Crippen LogP contribution in [-0.2, 0) is 13.1 Å². The van der Waals surface area contributed by atoms with E-state index in [9.17, 15) is 18.8 Å². The Morgan fingerprint density at radius 1 is 1.00 bits per heavy atom. The summed E-state index contributed by atoms with van der Waals surface area (Å²) in [4.78, 5) is 20.3. The van der Waals surface area contributed by atoms with Crippen molar-refractivity contribution in [3.63, 3.8) is 0 Å². The molecule has 0 spiro atoms. The highest BCUT2D eigenvalue weighted by molar-refractivity contribution is 5.93. The summed E-state index contributed by atoms with van der Waals surface area (Å²) in [6, 6.07) is 17.1. The van der Waals surface area contributed by atoms with Crippen molar-refractivity contribution in [2.75, 3.05) is 11.1 Å². The Balaban J connectivity index is 1.52. The van der Waals surface area contributed by atoms with E-state index in [1.165, 1.54) is 18.5 Å². The lowest BCUT2D eigenvalue weighted by Gasteiger charge is -2.16. The summed E-state index contributed by atoms with van der Waals surface area (Å²) in [6.07, 6.45) is 4.60. The zero-order valence-electron chi connectivity index (χ0n) is 18.4. The molecule has 4 rings (SSSR count). The van der Waals surface area contributed by atoms with Crippen molar-refractivity contribution in [1.29, 1.82) is 5.26 Å². The van der Waals surface area contributed by atoms with Crippen LogP contribution in [-0.4, -0.2) is 15.9 Å². The molecule has 0 fully saturated rings. The smallest absolute Gasteiger partial charge is 0.253 e. The molecule has 0 unspecified atom stereocenters. The third kappa shape index (κ3) is 5.39. The van der Waals surface area contributed by atoms with Crippen molar-refractivity contribution in [1.82, 2.24) is 15.3 Å². The minimum atomic E-state index is -1.25. The Morgan fingerprint density at radius 2 is 1.77 bits per heavy atom. The summed E-state index contributed by atoms with van der Waals surface area (Å²) >= 11 is 0. The molecule has 4 N–H and O–H groups in total. The van der Waals surface area contributed by atoms with Crippen molar-refractivity contribution in [3.8, 4) is 17.2 Å². The van der Waals surface area contributed by atoms with Crippen LogP contribution in [0.4, 0.5) is 20.3 Å². The molecule has 1 amide bonds. The first-order chi connectivity index (χ1) is 17.0. The number of nitrogens with one attached hydrogen (secondary N) is 2. The van der Waals surface area contributed by atoms with Gasteiger partial charge in [0.2, 0.25) is 0 Å². The second-order valence-electron chi connectivity index (χ2n) is 7.64. The van der Waals surface area contributed by atoms with E-state index in [-0.39, 0.29) is 24.3 Å². The van der Waals surface area contributed by atoms with Gasteiger partial charge in [0.1, 0.15) is 11.9 Å². The number of benzene rings is 2. The van der Waals surface area contributed by atoms with Gasteiger partial charge in [0.25, 0.3) is 5.91 Å². The topological polar surface area (TPSA) is 117 Å². The van der Waals surface area contributed by atoms with Gasteiger partial charge in [0.15, 0.2) is 11.6 Å². The minimum absolute atomic E-state index is 0.120. The Kier molecular flexibility index (Phi) is 6.93. The van der Waals surface area contributed by atoms with Crippen LogP contribution in [0.1, 0.15) is 27.0 Å². The number of nitriles is 1. The number of halogens is 2. The maximum atomic E-state index is 14.8. The van der Waals surface area contributed by atoms with E-state index in [1.807, 2.05) is 30.3 Å². The van der Waals surface area contributed by atoms with Crippen LogP contribution in [0, 0.1) is 23.0 Å². The molecule has 7 nitrogen and oxygen atoms in total. The first kappa shape index (κ1) is 23.3. The number of amides is 1. The number of carbonyl (C=O) groups is 1. The van der Waals surface area contributed by atoms with Crippen LogP contribution < -0.4 is 16.4 Å². The number of aromatic nitrogens is 2. The van der Waals surface area contributed by atoms with E-state index in [0.717, 1.165) is 16.7 Å². The van der Waals surface area contributed by atoms with E-state index < -0.39 is 23.1 Å². The van der Waals surface area contributed by atoms with Crippen LogP contribution in [0.2, 0.25) is 0 Å². The normalized spacial score (nSPS) is 10.4. The average molecular weight is 470 g/mol. The fourth-order valence-electron chi connectivity index (χ4n) is 3.45. The number of nitrogens with two attached hydrogens (primary N) is 1. The van der Waals surface area contributed by atoms with Crippen molar-refractivity contribution in [2.45, 2.75) is 13.1 Å². The molecule has 0 aliphatic carbocycles. The third-order valence-corrected chi connectivity index (χ3v) is 5.31. The Morgan fingerprint density at radius 3 is 2.43 bits per heavy atom. The molecule has 4 aromatic rings. The average Bonchev–Trinajstić information content (AvgIpc) is 2.90. The maximum Gasteiger partial charge on any atom is 0.253 e. The van der Waals surface area contributed by atoms with Gasteiger partial charge in [-0.05, 0) is 47.0 Å². The number of nitrogens with zero attached hydrogens (tertiary/aromatic N) is 3. The van der Waals surface area contributed by atoms with Crippen LogP contribution in [0.5, 0.6) is 0 Å². The molecule has 0 radical (unpaired) electrons. The number of nitrogen functional groups attached to an aromatic ring is 1. The highest BCUT2D eigenvalue weighted by Gasteiger charge is 2.19. The predicted molar refractivity (Wildman–Crippen MR) is 128 cm³/mol. The quantitative estimate of drug-likeness (QED) is 0.368. The number of pyridine rings is 2. The fourth-order valence-corrected chi connectivity index (χ4v) is 3.45. The molecule has 0 bridgehead atoms. The SMILES string of the molecule is N#Cc1cc(CNC(=O)c2cccnc2)c(NCc2ccc(-c3ccc(N)nc3)cc2)c(F)c1F. The highest BCUT2D eigenvalue weighted by atomic mass is 19.2. The molecule has 9 heteroatoms. The summed E-state index contributed by atoms with van der Waals surface area (Å²) in [5.41, 5.74) is 8.25. The largest absolute Gasteiger partial charge is 0.384 e. The van der Waals surface area contributed by atoms with Gasteiger partial charge in [-0.1, -0.05) is 24.3 Å². The third-order valence-electron chi connectivity index (χ3n) is 5.31. The van der Waals surface area contributed by atoms with Gasteiger partial charge in [0, 0.05) is 37.2 Å². The maximum absolute atomic E-state index is 14.8. The number of anilines is 2. The molecule has 35 heavy (non-hydrogen) atoms. The molecular weight excluding hydrogens is 450 g/mol. The number of hydrogen-bond donors (Lipinski definition) is 3. The van der Waals surface area contributed by atoms with Crippen LogP contribution in [0.25, 0.3) is 11.1 Å². The number of hydrogen-bond acceptors (Lipinski definition) is 6. The van der Waals surface area contributed by atoms with Crippen molar-refractivity contribution < 1.29 is 13.6 Å². The molecule has 0 aliphatic rings. The van der Waals surface area contributed by atoms with E-state index in [2.05, 4.69) is 20.6 Å². The van der Waals surface area contributed by atoms with Gasteiger partial charge in [-0.25, -0.2) is 13.8 Å². The van der Waals surface area contributed by atoms with Crippen molar-refractivity contribution >= 4 is 17.4 Å². The molecular formula is C26H20F2N6O. The standard InChI is InChI=1S/C26H20F2N6O/c27-23-20(11-29)10-21(15-34-26(35)19-2-1-9-31-13-19)25(24(23)28)33-12-16-3-5-17(6-4-16)18-7-8-22(30)32-14-18/h1-10,13-14,33H,12,15H2,(H2,30,32)(H,34,35). The van der Waals surface area contributed by atoms with Gasteiger partial charge in [0.05, 0.1) is 16.8 Å². The predicted octanol–water partition coefficient (Wildman–Crippen LogP) is 4.42. The highest BCUT2D eigenvalue weighted by Crippen LogP contribution is 2.27. The molecule has 0 saturated carbocycles. The van der Waals surface area contributed by atoms with Crippen molar-refractivity contribution in [2.24, 2.45) is 0 Å². The lowest BCUT2D eigenvalue weighted by Crippen LogP contribution is -2.24. The summed E-state index contributed by atoms with van der Waals surface area (Å²) in [6.45, 7) is 0.0666. The van der Waals surface area contributed by atoms with Crippen LogP contribution in [0.15, 0.2) is 73.2 Å². The Hall–Kier alpha value is -4.84. The van der Waals surface area contributed by atoms with Gasteiger partial charge in [-0.15, -0.1) is 0 Å². The first-order valence-electron chi connectivity index (χ1n) is 10.6. The first-order valence-corrected chi connectivity index (χ1v) is 10.6. The Labute approximate surface area is 200 Å². The summed E-state index contributed by atoms with van der Waals surface area (Å²) < 4.78 is 29.2. The zero-order valence-corrected chi connectivity index (χ0v) is 18.4. The second-order valence-corrected chi connectivity index (χ2v) is 7.64. The summed E-state index contributed by atoms with van der Waals surface area (Å²) in [5, 5.41) is 14.7. The van der Waals surface area contributed by atoms with E-state index in [0.29, 0.717) is 11.4 Å². The fraction of sp³-hybridized carbons (Fsp3) is 0.0769. The lowest BCUT2D eigenvalue weighted by molar-refractivity contribution is 0.0950. The van der Waals surface area contributed by atoms with E-state index in [4.69, 9.17) is 5.73 Å². The van der Waals surface area contributed by atoms with Crippen LogP contribution in [0.3, 0.4) is 0 Å². The number of carbonyl (C=O) groups excluding carboxylic acids is 1. The Bertz CT molecular complexity index is 1390. The zero-order chi connectivity index (χ0) is 24.8. The van der Waals surface area contributed by atoms with Gasteiger partial charge in [-0.2, -0.15) is 5.26 Å². The molecule has 0 atom stereocenters. The van der Waals surface area contributed by atoms with Gasteiger partial charge < -0.3 is 16.4 Å². The summed E-state index contributed by atoms with van der Waals surface area (Å²) in [7, 11) is 0. The minimum Gasteiger partial charge on any atom is -0.384 e. The lowest BCUT2D eigenvalue weighted by atomic mass is 10.0.